The highest BCUT2D eigenvalue weighted by Crippen LogP contribution is 2.48. The van der Waals surface area contributed by atoms with Crippen LogP contribution in [-0.2, 0) is 10.0 Å². The molecule has 0 saturated carbocycles. The first-order valence-corrected chi connectivity index (χ1v) is 14.1. The maximum Gasteiger partial charge on any atom is 0.268 e. The van der Waals surface area contributed by atoms with Gasteiger partial charge in [0.05, 0.1) is 16.1 Å². The monoisotopic (exact) mass is 503 g/mol. The highest BCUT2D eigenvalue weighted by molar-refractivity contribution is 7.90. The number of nitrogens with zero attached hydrogens (tertiary/aromatic N) is 1. The van der Waals surface area contributed by atoms with Crippen LogP contribution >= 0.6 is 0 Å². The number of aryl methyl sites for hydroxylation is 1. The van der Waals surface area contributed by atoms with Gasteiger partial charge in [-0.05, 0) is 53.3 Å². The number of hydrogen-bond donors (Lipinski definition) is 0. The predicted octanol–water partition coefficient (Wildman–Crippen LogP) is 7.89. The van der Waals surface area contributed by atoms with Crippen LogP contribution in [0.2, 0.25) is 0 Å². The number of rotatable bonds is 5. The molecule has 4 heteroatoms. The molecule has 1 aliphatic rings. The summed E-state index contributed by atoms with van der Waals surface area (Å²) in [4.78, 5) is 0.295. The molecule has 3 nitrogen and oxygen atoms in total. The van der Waals surface area contributed by atoms with Gasteiger partial charge < -0.3 is 0 Å². The zero-order valence-electron chi connectivity index (χ0n) is 21.2. The average molecular weight is 504 g/mol. The molecule has 37 heavy (non-hydrogen) atoms. The summed E-state index contributed by atoms with van der Waals surface area (Å²) in [7, 11) is -3.85. The Morgan fingerprint density at radius 1 is 0.757 bits per heavy atom. The van der Waals surface area contributed by atoms with Gasteiger partial charge in [0, 0.05) is 16.9 Å². The molecule has 0 aliphatic heterocycles. The molecular weight excluding hydrogens is 474 g/mol. The van der Waals surface area contributed by atoms with Gasteiger partial charge >= 0.3 is 0 Å². The minimum absolute atomic E-state index is 0.195. The Morgan fingerprint density at radius 3 is 2.08 bits per heavy atom. The SMILES string of the molecule is Cc1ccc(S(=O)(=O)n2c3c(c4ccccc42)C(c2ccccc2)=CC3c2ccc(C(C)C)cc2)cc1. The second-order valence-electron chi connectivity index (χ2n) is 10.1. The number of aromatic nitrogens is 1. The molecule has 0 saturated heterocycles. The van der Waals surface area contributed by atoms with Crippen LogP contribution in [0.4, 0.5) is 0 Å². The van der Waals surface area contributed by atoms with Crippen molar-refractivity contribution >= 4 is 26.5 Å². The zero-order chi connectivity index (χ0) is 25.7. The van der Waals surface area contributed by atoms with E-state index in [4.69, 9.17) is 0 Å². The van der Waals surface area contributed by atoms with Crippen molar-refractivity contribution in [2.24, 2.45) is 0 Å². The van der Waals surface area contributed by atoms with Gasteiger partial charge in [-0.15, -0.1) is 0 Å². The van der Waals surface area contributed by atoms with Crippen LogP contribution in [0, 0.1) is 6.92 Å². The first-order valence-electron chi connectivity index (χ1n) is 12.7. The molecule has 0 fully saturated rings. The van der Waals surface area contributed by atoms with Gasteiger partial charge in [0.2, 0.25) is 0 Å². The second kappa shape index (κ2) is 8.89. The lowest BCUT2D eigenvalue weighted by atomic mass is 9.94. The average Bonchev–Trinajstić information content (AvgIpc) is 3.46. The maximum absolute atomic E-state index is 14.3. The van der Waals surface area contributed by atoms with Gasteiger partial charge in [-0.1, -0.05) is 110 Å². The molecule has 0 amide bonds. The van der Waals surface area contributed by atoms with Gasteiger partial charge in [0.1, 0.15) is 0 Å². The summed E-state index contributed by atoms with van der Waals surface area (Å²) in [6.45, 7) is 6.33. The van der Waals surface area contributed by atoms with Crippen molar-refractivity contribution < 1.29 is 8.42 Å². The van der Waals surface area contributed by atoms with E-state index in [2.05, 4.69) is 56.3 Å². The molecule has 4 aromatic carbocycles. The third-order valence-corrected chi connectivity index (χ3v) is 9.11. The Kier molecular flexibility index (Phi) is 5.65. The van der Waals surface area contributed by atoms with Crippen molar-refractivity contribution in [2.75, 3.05) is 0 Å². The fraction of sp³-hybridized carbons (Fsp3) is 0.152. The van der Waals surface area contributed by atoms with Crippen LogP contribution in [-0.4, -0.2) is 12.4 Å². The number of fused-ring (bicyclic) bond motifs is 3. The van der Waals surface area contributed by atoms with E-state index in [0.717, 1.165) is 38.9 Å². The highest BCUT2D eigenvalue weighted by atomic mass is 32.2. The largest absolute Gasteiger partial charge is 0.268 e. The van der Waals surface area contributed by atoms with E-state index in [0.29, 0.717) is 16.3 Å². The summed E-state index contributed by atoms with van der Waals surface area (Å²) in [5, 5.41) is 0.949. The lowest BCUT2D eigenvalue weighted by Gasteiger charge is -2.17. The number of allylic oxidation sites excluding steroid dienone is 1. The van der Waals surface area contributed by atoms with E-state index in [9.17, 15) is 8.42 Å². The van der Waals surface area contributed by atoms with E-state index in [1.807, 2.05) is 61.5 Å². The number of para-hydroxylation sites is 1. The van der Waals surface area contributed by atoms with Crippen molar-refractivity contribution in [1.82, 2.24) is 3.97 Å². The Bertz CT molecular complexity index is 1740. The molecule has 0 spiro atoms. The quantitative estimate of drug-likeness (QED) is 0.245. The minimum atomic E-state index is -3.85. The first kappa shape index (κ1) is 23.5. The van der Waals surface area contributed by atoms with E-state index >= 15 is 0 Å². The van der Waals surface area contributed by atoms with Gasteiger partial charge in [-0.2, -0.15) is 0 Å². The van der Waals surface area contributed by atoms with Crippen molar-refractivity contribution in [2.45, 2.75) is 37.5 Å². The number of hydrogen-bond acceptors (Lipinski definition) is 2. The summed E-state index contributed by atoms with van der Waals surface area (Å²) in [6.07, 6.45) is 2.23. The van der Waals surface area contributed by atoms with E-state index in [1.165, 1.54) is 5.56 Å². The molecule has 0 radical (unpaired) electrons. The molecular formula is C33H29NO2S. The van der Waals surface area contributed by atoms with E-state index < -0.39 is 10.0 Å². The fourth-order valence-corrected chi connectivity index (χ4v) is 6.97. The summed E-state index contributed by atoms with van der Waals surface area (Å²) in [5.41, 5.74) is 8.04. The summed E-state index contributed by atoms with van der Waals surface area (Å²) in [6, 6.07) is 33.9. The standard InChI is InChI=1S/C33H29NO2S/c1-22(2)24-15-17-26(18-16-24)30-21-29(25-9-5-4-6-10-25)32-28-11-7-8-12-31(28)34(33(30)32)37(35,36)27-19-13-23(3)14-20-27/h4-22,30H,1-3H3. The maximum atomic E-state index is 14.3. The first-order chi connectivity index (χ1) is 17.9. The molecule has 6 rings (SSSR count). The normalized spacial score (nSPS) is 15.2. The van der Waals surface area contributed by atoms with Gasteiger partial charge in [-0.25, -0.2) is 12.4 Å². The molecule has 5 aromatic rings. The fourth-order valence-electron chi connectivity index (χ4n) is 5.40. The summed E-state index contributed by atoms with van der Waals surface area (Å²) >= 11 is 0. The van der Waals surface area contributed by atoms with Gasteiger partial charge in [-0.3, -0.25) is 0 Å². The van der Waals surface area contributed by atoms with Crippen molar-refractivity contribution in [1.29, 1.82) is 0 Å². The smallest absolute Gasteiger partial charge is 0.236 e. The van der Waals surface area contributed by atoms with Crippen LogP contribution < -0.4 is 0 Å². The highest BCUT2D eigenvalue weighted by Gasteiger charge is 2.36. The molecule has 1 aromatic heterocycles. The molecule has 1 aliphatic carbocycles. The third kappa shape index (κ3) is 3.84. The Morgan fingerprint density at radius 2 is 1.41 bits per heavy atom. The van der Waals surface area contributed by atoms with Gasteiger partial charge in [0.25, 0.3) is 10.0 Å². The van der Waals surface area contributed by atoms with Crippen LogP contribution in [0.1, 0.15) is 59.2 Å². The van der Waals surface area contributed by atoms with Crippen molar-refractivity contribution in [3.63, 3.8) is 0 Å². The predicted molar refractivity (Wildman–Crippen MR) is 152 cm³/mol. The molecule has 1 atom stereocenters. The van der Waals surface area contributed by atoms with Gasteiger partial charge in [0.15, 0.2) is 0 Å². The molecule has 1 heterocycles. The van der Waals surface area contributed by atoms with Crippen molar-refractivity contribution in [3.8, 4) is 0 Å². The van der Waals surface area contributed by atoms with Crippen LogP contribution in [0.5, 0.6) is 0 Å². The Labute approximate surface area is 218 Å². The van der Waals surface area contributed by atoms with E-state index in [1.54, 1.807) is 16.1 Å². The number of benzene rings is 4. The van der Waals surface area contributed by atoms with Crippen LogP contribution in [0.3, 0.4) is 0 Å². The minimum Gasteiger partial charge on any atom is -0.236 e. The molecule has 184 valence electrons. The molecule has 1 unspecified atom stereocenters. The molecule has 0 N–H and O–H groups in total. The van der Waals surface area contributed by atoms with Crippen molar-refractivity contribution in [3.05, 3.63) is 143 Å². The van der Waals surface area contributed by atoms with E-state index in [-0.39, 0.29) is 5.92 Å². The second-order valence-corrected chi connectivity index (χ2v) is 11.9. The van der Waals surface area contributed by atoms with Crippen LogP contribution in [0.25, 0.3) is 16.5 Å². The molecule has 0 bridgehead atoms. The van der Waals surface area contributed by atoms with Crippen LogP contribution in [0.15, 0.2) is 114 Å². The zero-order valence-corrected chi connectivity index (χ0v) is 22.0. The Balaban J connectivity index is 1.67. The topological polar surface area (TPSA) is 39.1 Å². The lowest BCUT2D eigenvalue weighted by molar-refractivity contribution is 0.587. The summed E-state index contributed by atoms with van der Waals surface area (Å²) < 4.78 is 30.2. The lowest BCUT2D eigenvalue weighted by Crippen LogP contribution is -2.17. The Hall–Kier alpha value is -3.89. The third-order valence-electron chi connectivity index (χ3n) is 7.37. The summed E-state index contributed by atoms with van der Waals surface area (Å²) in [5.74, 6) is 0.232.